The van der Waals surface area contributed by atoms with Crippen LogP contribution in [0.3, 0.4) is 0 Å². The smallest absolute Gasteiger partial charge is 0.0110 e. The molecular formula is C14H22N2S. The van der Waals surface area contributed by atoms with E-state index in [1.165, 1.54) is 49.8 Å². The summed E-state index contributed by atoms with van der Waals surface area (Å²) in [7, 11) is 2.22. The fourth-order valence-electron chi connectivity index (χ4n) is 2.13. The molecule has 0 radical (unpaired) electrons. The number of likely N-dealkylation sites (N-methyl/N-ethyl adjacent to an activating group) is 1. The van der Waals surface area contributed by atoms with E-state index in [1.807, 2.05) is 11.8 Å². The van der Waals surface area contributed by atoms with Crippen molar-refractivity contribution < 1.29 is 0 Å². The first-order valence-corrected chi connectivity index (χ1v) is 7.42. The predicted molar refractivity (Wildman–Crippen MR) is 75.7 cm³/mol. The number of benzene rings is 1. The second-order valence-electron chi connectivity index (χ2n) is 4.66. The number of hydrogen-bond acceptors (Lipinski definition) is 3. The number of thioether (sulfide) groups is 1. The SMILES string of the molecule is CN1CCCN(CCSc2ccccc2)CC1. The zero-order chi connectivity index (χ0) is 11.9. The van der Waals surface area contributed by atoms with E-state index in [0.717, 1.165) is 0 Å². The van der Waals surface area contributed by atoms with Gasteiger partial charge in [0.2, 0.25) is 0 Å². The van der Waals surface area contributed by atoms with Crippen LogP contribution in [0.2, 0.25) is 0 Å². The molecule has 0 atom stereocenters. The molecule has 0 aromatic heterocycles. The zero-order valence-electron chi connectivity index (χ0n) is 10.6. The van der Waals surface area contributed by atoms with Crippen molar-refractivity contribution in [1.29, 1.82) is 0 Å². The Hall–Kier alpha value is -0.510. The third-order valence-electron chi connectivity index (χ3n) is 3.23. The summed E-state index contributed by atoms with van der Waals surface area (Å²) in [6.45, 7) is 6.18. The van der Waals surface area contributed by atoms with Crippen molar-refractivity contribution in [2.45, 2.75) is 11.3 Å². The van der Waals surface area contributed by atoms with Crippen LogP contribution in [0, 0.1) is 0 Å². The van der Waals surface area contributed by atoms with E-state index in [0.29, 0.717) is 0 Å². The van der Waals surface area contributed by atoms with Gasteiger partial charge in [-0.25, -0.2) is 0 Å². The van der Waals surface area contributed by atoms with E-state index >= 15 is 0 Å². The lowest BCUT2D eigenvalue weighted by molar-refractivity contribution is 0.291. The highest BCUT2D eigenvalue weighted by Gasteiger charge is 2.11. The molecule has 1 heterocycles. The lowest BCUT2D eigenvalue weighted by Gasteiger charge is -2.19. The van der Waals surface area contributed by atoms with Crippen LogP contribution in [-0.2, 0) is 0 Å². The van der Waals surface area contributed by atoms with Crippen molar-refractivity contribution in [3.63, 3.8) is 0 Å². The maximum Gasteiger partial charge on any atom is 0.0110 e. The van der Waals surface area contributed by atoms with Crippen LogP contribution in [-0.4, -0.2) is 55.3 Å². The van der Waals surface area contributed by atoms with Gasteiger partial charge in [-0.15, -0.1) is 11.8 Å². The van der Waals surface area contributed by atoms with Crippen LogP contribution in [0.1, 0.15) is 6.42 Å². The molecule has 0 amide bonds. The molecule has 0 aliphatic carbocycles. The summed E-state index contributed by atoms with van der Waals surface area (Å²) in [5, 5.41) is 0. The van der Waals surface area contributed by atoms with Gasteiger partial charge in [-0.2, -0.15) is 0 Å². The third-order valence-corrected chi connectivity index (χ3v) is 4.22. The summed E-state index contributed by atoms with van der Waals surface area (Å²) >= 11 is 1.97. The van der Waals surface area contributed by atoms with E-state index in [-0.39, 0.29) is 0 Å². The first-order chi connectivity index (χ1) is 8.34. The summed E-state index contributed by atoms with van der Waals surface area (Å²) in [6.07, 6.45) is 1.31. The molecule has 0 N–H and O–H groups in total. The average molecular weight is 250 g/mol. The van der Waals surface area contributed by atoms with Crippen molar-refractivity contribution in [3.05, 3.63) is 30.3 Å². The molecule has 2 nitrogen and oxygen atoms in total. The van der Waals surface area contributed by atoms with Crippen molar-refractivity contribution in [3.8, 4) is 0 Å². The van der Waals surface area contributed by atoms with Gasteiger partial charge in [0.25, 0.3) is 0 Å². The van der Waals surface area contributed by atoms with E-state index in [4.69, 9.17) is 0 Å². The summed E-state index contributed by atoms with van der Waals surface area (Å²) in [6, 6.07) is 10.7. The van der Waals surface area contributed by atoms with Gasteiger partial charge in [0.1, 0.15) is 0 Å². The lowest BCUT2D eigenvalue weighted by Crippen LogP contribution is -2.30. The average Bonchev–Trinajstić information content (AvgIpc) is 2.56. The van der Waals surface area contributed by atoms with Crippen LogP contribution in [0.4, 0.5) is 0 Å². The van der Waals surface area contributed by atoms with Crippen molar-refractivity contribution in [2.24, 2.45) is 0 Å². The third kappa shape index (κ3) is 4.70. The largest absolute Gasteiger partial charge is 0.305 e. The summed E-state index contributed by atoms with van der Waals surface area (Å²) in [5.41, 5.74) is 0. The molecule has 17 heavy (non-hydrogen) atoms. The number of hydrogen-bond donors (Lipinski definition) is 0. The van der Waals surface area contributed by atoms with Crippen molar-refractivity contribution in [1.82, 2.24) is 9.80 Å². The van der Waals surface area contributed by atoms with Crippen LogP contribution in [0.5, 0.6) is 0 Å². The minimum absolute atomic E-state index is 1.20. The minimum atomic E-state index is 1.20. The van der Waals surface area contributed by atoms with E-state index in [2.05, 4.69) is 47.2 Å². The first-order valence-electron chi connectivity index (χ1n) is 6.43. The molecule has 1 aromatic rings. The maximum atomic E-state index is 2.60. The molecule has 1 saturated heterocycles. The molecular weight excluding hydrogens is 228 g/mol. The summed E-state index contributed by atoms with van der Waals surface area (Å²) in [5.74, 6) is 1.20. The molecule has 2 rings (SSSR count). The van der Waals surface area contributed by atoms with Gasteiger partial charge in [0, 0.05) is 30.3 Å². The summed E-state index contributed by atoms with van der Waals surface area (Å²) in [4.78, 5) is 6.42. The molecule has 1 aliphatic rings. The monoisotopic (exact) mass is 250 g/mol. The number of nitrogens with zero attached hydrogens (tertiary/aromatic N) is 2. The van der Waals surface area contributed by atoms with Gasteiger partial charge >= 0.3 is 0 Å². The Morgan fingerprint density at radius 1 is 1.06 bits per heavy atom. The highest BCUT2D eigenvalue weighted by molar-refractivity contribution is 7.99. The molecule has 1 aliphatic heterocycles. The molecule has 94 valence electrons. The molecule has 1 fully saturated rings. The molecule has 0 bridgehead atoms. The standard InChI is InChI=1S/C14H22N2S/c1-15-8-5-9-16(11-10-15)12-13-17-14-6-3-2-4-7-14/h2-4,6-7H,5,8-13H2,1H3. The van der Waals surface area contributed by atoms with Crippen LogP contribution in [0.15, 0.2) is 35.2 Å². The van der Waals surface area contributed by atoms with E-state index in [1.54, 1.807) is 0 Å². The predicted octanol–water partition coefficient (Wildman–Crippen LogP) is 2.42. The topological polar surface area (TPSA) is 6.48 Å². The van der Waals surface area contributed by atoms with Crippen LogP contribution >= 0.6 is 11.8 Å². The second-order valence-corrected chi connectivity index (χ2v) is 5.83. The van der Waals surface area contributed by atoms with Gasteiger partial charge in [-0.3, -0.25) is 0 Å². The normalized spacial score (nSPS) is 19.1. The molecule has 0 saturated carbocycles. The van der Waals surface area contributed by atoms with Gasteiger partial charge in [0.05, 0.1) is 0 Å². The van der Waals surface area contributed by atoms with Gasteiger partial charge < -0.3 is 9.80 Å². The van der Waals surface area contributed by atoms with E-state index in [9.17, 15) is 0 Å². The second kappa shape index (κ2) is 7.04. The van der Waals surface area contributed by atoms with Crippen LogP contribution in [0.25, 0.3) is 0 Å². The Kier molecular flexibility index (Phi) is 5.36. The fourth-order valence-corrected chi connectivity index (χ4v) is 3.07. The van der Waals surface area contributed by atoms with Gasteiger partial charge in [-0.1, -0.05) is 18.2 Å². The lowest BCUT2D eigenvalue weighted by atomic mass is 10.4. The van der Waals surface area contributed by atoms with Crippen molar-refractivity contribution in [2.75, 3.05) is 45.5 Å². The van der Waals surface area contributed by atoms with Crippen LogP contribution < -0.4 is 0 Å². The molecule has 0 unspecified atom stereocenters. The molecule has 1 aromatic carbocycles. The highest BCUT2D eigenvalue weighted by atomic mass is 32.2. The van der Waals surface area contributed by atoms with Gasteiger partial charge in [-0.05, 0) is 38.7 Å². The highest BCUT2D eigenvalue weighted by Crippen LogP contribution is 2.17. The minimum Gasteiger partial charge on any atom is -0.305 e. The fraction of sp³-hybridized carbons (Fsp3) is 0.571. The van der Waals surface area contributed by atoms with Crippen molar-refractivity contribution >= 4 is 11.8 Å². The number of rotatable bonds is 4. The summed E-state index contributed by atoms with van der Waals surface area (Å²) < 4.78 is 0. The molecule has 0 spiro atoms. The van der Waals surface area contributed by atoms with Gasteiger partial charge in [0.15, 0.2) is 0 Å². The zero-order valence-corrected chi connectivity index (χ0v) is 11.5. The Morgan fingerprint density at radius 2 is 1.88 bits per heavy atom. The Morgan fingerprint density at radius 3 is 2.71 bits per heavy atom. The first kappa shape index (κ1) is 12.9. The maximum absolute atomic E-state index is 2.60. The Balaban J connectivity index is 1.68. The Bertz CT molecular complexity index is 315. The quantitative estimate of drug-likeness (QED) is 0.758. The van der Waals surface area contributed by atoms with E-state index < -0.39 is 0 Å². The Labute approximate surface area is 109 Å². The molecule has 3 heteroatoms.